The third-order valence-electron chi connectivity index (χ3n) is 3.23. The first-order valence-electron chi connectivity index (χ1n) is 5.91. The summed E-state index contributed by atoms with van der Waals surface area (Å²) < 4.78 is 23.2. The van der Waals surface area contributed by atoms with Gasteiger partial charge in [0, 0.05) is 28.9 Å². The van der Waals surface area contributed by atoms with Crippen molar-refractivity contribution in [2.45, 2.75) is 13.0 Å². The van der Waals surface area contributed by atoms with Gasteiger partial charge in [-0.3, -0.25) is 5.41 Å². The summed E-state index contributed by atoms with van der Waals surface area (Å²) in [4.78, 5) is 1.97. The second-order valence-electron chi connectivity index (χ2n) is 4.73. The molecule has 1 fully saturated rings. The van der Waals surface area contributed by atoms with E-state index < -0.39 is 9.84 Å². The van der Waals surface area contributed by atoms with Gasteiger partial charge in [0.2, 0.25) is 0 Å². The van der Waals surface area contributed by atoms with Crippen LogP contribution >= 0.6 is 11.6 Å². The molecule has 1 heterocycles. The maximum Gasteiger partial charge on any atom is 0.154 e. The molecule has 1 aromatic rings. The molecule has 7 heteroatoms. The van der Waals surface area contributed by atoms with E-state index >= 15 is 0 Å². The molecule has 2 rings (SSSR count). The largest absolute Gasteiger partial charge is 0.384 e. The lowest BCUT2D eigenvalue weighted by Gasteiger charge is -2.36. The number of amidine groups is 1. The van der Waals surface area contributed by atoms with E-state index in [1.54, 1.807) is 18.2 Å². The molecule has 0 spiro atoms. The number of hydrogen-bond donors (Lipinski definition) is 2. The zero-order chi connectivity index (χ0) is 14.2. The van der Waals surface area contributed by atoms with Gasteiger partial charge in [0.05, 0.1) is 11.5 Å². The number of nitrogens with zero attached hydrogens (tertiary/aromatic N) is 1. The highest BCUT2D eigenvalue weighted by Gasteiger charge is 2.29. The Balaban J connectivity index is 2.40. The molecule has 0 aromatic heterocycles. The Morgan fingerprint density at radius 1 is 1.53 bits per heavy atom. The third-order valence-corrected chi connectivity index (χ3v) is 5.26. The zero-order valence-electron chi connectivity index (χ0n) is 10.6. The van der Waals surface area contributed by atoms with Gasteiger partial charge in [0.15, 0.2) is 9.84 Å². The summed E-state index contributed by atoms with van der Waals surface area (Å²) in [5.74, 6) is 0.169. The first-order chi connectivity index (χ1) is 8.80. The van der Waals surface area contributed by atoms with Gasteiger partial charge in [-0.1, -0.05) is 11.6 Å². The van der Waals surface area contributed by atoms with Gasteiger partial charge in [-0.2, -0.15) is 0 Å². The molecular formula is C12H16ClN3O2S. The Morgan fingerprint density at radius 2 is 2.21 bits per heavy atom. The predicted molar refractivity (Wildman–Crippen MR) is 77.9 cm³/mol. The Labute approximate surface area is 117 Å². The maximum absolute atomic E-state index is 11.6. The average molecular weight is 302 g/mol. The summed E-state index contributed by atoms with van der Waals surface area (Å²) in [5.41, 5.74) is 6.87. The molecule has 19 heavy (non-hydrogen) atoms. The van der Waals surface area contributed by atoms with Crippen LogP contribution in [0.15, 0.2) is 18.2 Å². The first kappa shape index (κ1) is 14.1. The maximum atomic E-state index is 11.6. The molecule has 0 amide bonds. The van der Waals surface area contributed by atoms with Crippen molar-refractivity contribution in [1.82, 2.24) is 0 Å². The lowest BCUT2D eigenvalue weighted by molar-refractivity contribution is 0.568. The number of hydrogen-bond acceptors (Lipinski definition) is 4. The Bertz CT molecular complexity index is 615. The van der Waals surface area contributed by atoms with E-state index in [0.717, 1.165) is 5.69 Å². The van der Waals surface area contributed by atoms with E-state index in [1.807, 2.05) is 11.8 Å². The van der Waals surface area contributed by atoms with Crippen molar-refractivity contribution >= 4 is 33.0 Å². The van der Waals surface area contributed by atoms with Crippen LogP contribution in [0.25, 0.3) is 0 Å². The number of anilines is 1. The van der Waals surface area contributed by atoms with Gasteiger partial charge < -0.3 is 10.6 Å². The van der Waals surface area contributed by atoms with Gasteiger partial charge in [0.25, 0.3) is 0 Å². The number of rotatable bonds is 2. The quantitative estimate of drug-likeness (QED) is 0.636. The van der Waals surface area contributed by atoms with Gasteiger partial charge in [-0.25, -0.2) is 8.42 Å². The third kappa shape index (κ3) is 3.01. The summed E-state index contributed by atoms with van der Waals surface area (Å²) in [6, 6.07) is 5.00. The van der Waals surface area contributed by atoms with Gasteiger partial charge in [0.1, 0.15) is 5.84 Å². The second kappa shape index (κ2) is 5.02. The van der Waals surface area contributed by atoms with E-state index in [1.165, 1.54) is 0 Å². The van der Waals surface area contributed by atoms with E-state index in [2.05, 4.69) is 0 Å². The minimum absolute atomic E-state index is 0.0712. The Hall–Kier alpha value is -1.27. The van der Waals surface area contributed by atoms with Crippen molar-refractivity contribution < 1.29 is 8.42 Å². The standard InChI is InChI=1S/C12H16ClN3O2S/c1-8-7-19(17,18)5-4-16(8)11-3-2-9(13)6-10(11)12(14)15/h2-3,6,8H,4-5,7H2,1H3,(H3,14,15). The highest BCUT2D eigenvalue weighted by Crippen LogP contribution is 2.27. The smallest absolute Gasteiger partial charge is 0.154 e. The minimum atomic E-state index is -2.97. The normalized spacial score (nSPS) is 22.2. The van der Waals surface area contributed by atoms with Crippen LogP contribution in [0.3, 0.4) is 0 Å². The van der Waals surface area contributed by atoms with Crippen LogP contribution in [0.2, 0.25) is 5.02 Å². The number of nitrogens with one attached hydrogen (secondary N) is 1. The monoisotopic (exact) mass is 301 g/mol. The van der Waals surface area contributed by atoms with E-state index in [9.17, 15) is 8.42 Å². The molecule has 1 aliphatic rings. The molecule has 1 aliphatic heterocycles. The Kier molecular flexibility index (Phi) is 3.73. The average Bonchev–Trinajstić information content (AvgIpc) is 2.28. The van der Waals surface area contributed by atoms with E-state index in [0.29, 0.717) is 17.1 Å². The fraction of sp³-hybridized carbons (Fsp3) is 0.417. The summed E-state index contributed by atoms with van der Waals surface area (Å²) in [7, 11) is -2.97. The minimum Gasteiger partial charge on any atom is -0.384 e. The lowest BCUT2D eigenvalue weighted by Crippen LogP contribution is -2.47. The number of nitrogens with two attached hydrogens (primary N) is 1. The van der Waals surface area contributed by atoms with Crippen molar-refractivity contribution in [2.75, 3.05) is 23.0 Å². The summed E-state index contributed by atoms with van der Waals surface area (Å²) >= 11 is 5.91. The summed E-state index contributed by atoms with van der Waals surface area (Å²) in [6.07, 6.45) is 0. The summed E-state index contributed by atoms with van der Waals surface area (Å²) in [6.45, 7) is 2.26. The van der Waals surface area contributed by atoms with Crippen molar-refractivity contribution in [2.24, 2.45) is 5.73 Å². The molecule has 0 saturated carbocycles. The number of sulfone groups is 1. The van der Waals surface area contributed by atoms with Crippen LogP contribution in [0, 0.1) is 5.41 Å². The fourth-order valence-corrected chi connectivity index (χ4v) is 4.06. The lowest BCUT2D eigenvalue weighted by atomic mass is 10.1. The number of benzene rings is 1. The molecule has 0 aliphatic carbocycles. The number of halogens is 1. The molecule has 1 aromatic carbocycles. The first-order valence-corrected chi connectivity index (χ1v) is 8.11. The Morgan fingerprint density at radius 3 is 2.79 bits per heavy atom. The van der Waals surface area contributed by atoms with Gasteiger partial charge >= 0.3 is 0 Å². The molecule has 1 saturated heterocycles. The van der Waals surface area contributed by atoms with Crippen molar-refractivity contribution in [3.63, 3.8) is 0 Å². The number of nitrogen functional groups attached to an aromatic ring is 1. The van der Waals surface area contributed by atoms with Crippen LogP contribution < -0.4 is 10.6 Å². The predicted octanol–water partition coefficient (Wildman–Crippen LogP) is 1.25. The molecule has 104 valence electrons. The molecule has 5 nitrogen and oxygen atoms in total. The van der Waals surface area contributed by atoms with Gasteiger partial charge in [-0.15, -0.1) is 0 Å². The van der Waals surface area contributed by atoms with E-state index in [-0.39, 0.29) is 23.4 Å². The molecule has 0 radical (unpaired) electrons. The van der Waals surface area contributed by atoms with E-state index in [4.69, 9.17) is 22.7 Å². The molecular weight excluding hydrogens is 286 g/mol. The highest BCUT2D eigenvalue weighted by molar-refractivity contribution is 7.91. The molecule has 1 atom stereocenters. The molecule has 1 unspecified atom stereocenters. The molecule has 3 N–H and O–H groups in total. The topological polar surface area (TPSA) is 87.2 Å². The summed E-state index contributed by atoms with van der Waals surface area (Å²) in [5, 5.41) is 8.12. The van der Waals surface area contributed by atoms with Gasteiger partial charge in [-0.05, 0) is 25.1 Å². The highest BCUT2D eigenvalue weighted by atomic mass is 35.5. The van der Waals surface area contributed by atoms with Crippen LogP contribution in [0.4, 0.5) is 5.69 Å². The van der Waals surface area contributed by atoms with Crippen molar-refractivity contribution in [3.05, 3.63) is 28.8 Å². The van der Waals surface area contributed by atoms with Crippen LogP contribution in [0.1, 0.15) is 12.5 Å². The van der Waals surface area contributed by atoms with Crippen LogP contribution in [-0.2, 0) is 9.84 Å². The second-order valence-corrected chi connectivity index (χ2v) is 7.40. The molecule has 0 bridgehead atoms. The fourth-order valence-electron chi connectivity index (χ4n) is 2.33. The van der Waals surface area contributed by atoms with Crippen LogP contribution in [0.5, 0.6) is 0 Å². The zero-order valence-corrected chi connectivity index (χ0v) is 12.1. The SMILES string of the molecule is CC1CS(=O)(=O)CCN1c1ccc(Cl)cc1C(=N)N. The van der Waals surface area contributed by atoms with Crippen molar-refractivity contribution in [3.8, 4) is 0 Å². The van der Waals surface area contributed by atoms with Crippen molar-refractivity contribution in [1.29, 1.82) is 5.41 Å². The van der Waals surface area contributed by atoms with Crippen LogP contribution in [-0.4, -0.2) is 38.3 Å².